The van der Waals surface area contributed by atoms with E-state index in [-0.39, 0.29) is 16.3 Å². The minimum absolute atomic E-state index is 0.0707. The van der Waals surface area contributed by atoms with Crippen molar-refractivity contribution in [2.75, 3.05) is 5.33 Å². The number of halogens is 2. The van der Waals surface area contributed by atoms with Gasteiger partial charge in [-0.1, -0.05) is 33.6 Å². The Hall–Kier alpha value is -1.14. The number of hydrogen-bond acceptors (Lipinski definition) is 3. The van der Waals surface area contributed by atoms with Crippen LogP contribution in [-0.2, 0) is 0 Å². The minimum atomic E-state index is -0.613. The zero-order chi connectivity index (χ0) is 14.6. The van der Waals surface area contributed by atoms with E-state index in [2.05, 4.69) is 21.2 Å². The van der Waals surface area contributed by atoms with Crippen LogP contribution in [0.2, 0.25) is 5.02 Å². The fourth-order valence-electron chi connectivity index (χ4n) is 1.56. The van der Waals surface area contributed by atoms with Crippen LogP contribution in [0.3, 0.4) is 0 Å². The van der Waals surface area contributed by atoms with Crippen molar-refractivity contribution in [3.63, 3.8) is 0 Å². The molecule has 0 aromatic heterocycles. The Morgan fingerprint density at radius 2 is 2.16 bits per heavy atom. The molecule has 1 N–H and O–H groups in total. The van der Waals surface area contributed by atoms with Crippen molar-refractivity contribution in [1.82, 2.24) is 5.32 Å². The number of hydrogen-bond donors (Lipinski definition) is 1. The topological polar surface area (TPSA) is 72.2 Å². The zero-order valence-electron chi connectivity index (χ0n) is 10.6. The molecule has 1 aromatic rings. The van der Waals surface area contributed by atoms with Crippen LogP contribution < -0.4 is 5.32 Å². The van der Waals surface area contributed by atoms with Crippen molar-refractivity contribution in [2.24, 2.45) is 0 Å². The van der Waals surface area contributed by atoms with Gasteiger partial charge in [-0.05, 0) is 26.3 Å². The highest BCUT2D eigenvalue weighted by molar-refractivity contribution is 9.09. The molecule has 0 saturated carbocycles. The molecule has 0 spiro atoms. The molecule has 1 amide bonds. The Morgan fingerprint density at radius 1 is 1.53 bits per heavy atom. The van der Waals surface area contributed by atoms with E-state index < -0.39 is 16.4 Å². The maximum atomic E-state index is 12.2. The lowest BCUT2D eigenvalue weighted by molar-refractivity contribution is -0.385. The van der Waals surface area contributed by atoms with Crippen LogP contribution in [-0.4, -0.2) is 21.7 Å². The molecule has 0 aliphatic heterocycles. The van der Waals surface area contributed by atoms with Crippen LogP contribution in [0, 0.1) is 10.1 Å². The van der Waals surface area contributed by atoms with Gasteiger partial charge in [0.15, 0.2) is 0 Å². The minimum Gasteiger partial charge on any atom is -0.347 e. The van der Waals surface area contributed by atoms with E-state index in [1.165, 1.54) is 18.2 Å². The Morgan fingerprint density at radius 3 is 2.68 bits per heavy atom. The molecular formula is C12H14BrClN2O3. The first kappa shape index (κ1) is 15.9. The largest absolute Gasteiger partial charge is 0.347 e. The van der Waals surface area contributed by atoms with E-state index in [9.17, 15) is 14.9 Å². The predicted octanol–water partition coefficient (Wildman–Crippen LogP) is 3.54. The van der Waals surface area contributed by atoms with E-state index in [0.29, 0.717) is 11.8 Å². The number of carbonyl (C=O) groups is 1. The second kappa shape index (κ2) is 6.34. The Bertz CT molecular complexity index is 506. The molecule has 0 aliphatic rings. The summed E-state index contributed by atoms with van der Waals surface area (Å²) >= 11 is 9.20. The summed E-state index contributed by atoms with van der Waals surface area (Å²) < 4.78 is 0. The van der Waals surface area contributed by atoms with Gasteiger partial charge in [0.25, 0.3) is 11.6 Å². The maximum absolute atomic E-state index is 12.2. The van der Waals surface area contributed by atoms with Crippen molar-refractivity contribution in [3.8, 4) is 0 Å². The highest BCUT2D eigenvalue weighted by Crippen LogP contribution is 2.26. The average molecular weight is 350 g/mol. The number of carbonyl (C=O) groups excluding carboxylic acids is 1. The van der Waals surface area contributed by atoms with Gasteiger partial charge >= 0.3 is 0 Å². The average Bonchev–Trinajstić information content (AvgIpc) is 2.27. The molecule has 0 unspecified atom stereocenters. The number of nitrogens with zero attached hydrogens (tertiary/aromatic N) is 1. The molecular weight excluding hydrogens is 336 g/mol. The van der Waals surface area contributed by atoms with Gasteiger partial charge in [-0.25, -0.2) is 0 Å². The molecule has 7 heteroatoms. The van der Waals surface area contributed by atoms with Crippen LogP contribution in [0.1, 0.15) is 30.6 Å². The third-order valence-electron chi connectivity index (χ3n) is 2.59. The Balaban J connectivity index is 3.10. The molecule has 0 bridgehead atoms. The van der Waals surface area contributed by atoms with Crippen molar-refractivity contribution in [2.45, 2.75) is 25.8 Å². The number of alkyl halides is 1. The quantitative estimate of drug-likeness (QED) is 0.502. The monoisotopic (exact) mass is 348 g/mol. The molecule has 0 heterocycles. The number of nitro groups is 1. The first-order valence-electron chi connectivity index (χ1n) is 5.60. The van der Waals surface area contributed by atoms with Crippen LogP contribution in [0.4, 0.5) is 5.69 Å². The maximum Gasteiger partial charge on any atom is 0.283 e. The molecule has 0 fully saturated rings. The fourth-order valence-corrected chi connectivity index (χ4v) is 2.80. The zero-order valence-corrected chi connectivity index (χ0v) is 12.9. The van der Waals surface area contributed by atoms with Crippen molar-refractivity contribution in [3.05, 3.63) is 38.9 Å². The van der Waals surface area contributed by atoms with Gasteiger partial charge in [-0.2, -0.15) is 0 Å². The molecule has 1 aromatic carbocycles. The molecule has 19 heavy (non-hydrogen) atoms. The third-order valence-corrected chi connectivity index (χ3v) is 3.30. The number of nitro benzene ring substituents is 1. The second-order valence-electron chi connectivity index (χ2n) is 4.67. The predicted molar refractivity (Wildman–Crippen MR) is 78.1 cm³/mol. The number of rotatable bonds is 5. The van der Waals surface area contributed by atoms with E-state index in [0.717, 1.165) is 0 Å². The van der Waals surface area contributed by atoms with E-state index in [4.69, 9.17) is 11.6 Å². The standard InChI is InChI=1S/C12H14BrClN2O3/c1-12(2,6-7-13)15-11(17)10-8(14)4-3-5-9(10)16(18)19/h3-5H,6-7H2,1-2H3,(H,15,17). The first-order chi connectivity index (χ1) is 8.78. The summed E-state index contributed by atoms with van der Waals surface area (Å²) in [7, 11) is 0. The molecule has 104 valence electrons. The fraction of sp³-hybridized carbons (Fsp3) is 0.417. The Labute approximate surface area is 124 Å². The molecule has 0 atom stereocenters. The SMILES string of the molecule is CC(C)(CCBr)NC(=O)c1c(Cl)cccc1[N+](=O)[O-]. The van der Waals surface area contributed by atoms with Crippen molar-refractivity contribution in [1.29, 1.82) is 0 Å². The molecule has 0 aliphatic carbocycles. The van der Waals surface area contributed by atoms with E-state index in [1.54, 1.807) is 0 Å². The number of amides is 1. The normalized spacial score (nSPS) is 11.2. The molecule has 1 rings (SSSR count). The summed E-state index contributed by atoms with van der Waals surface area (Å²) in [6.07, 6.45) is 0.691. The van der Waals surface area contributed by atoms with E-state index in [1.807, 2.05) is 13.8 Å². The second-order valence-corrected chi connectivity index (χ2v) is 5.87. The van der Waals surface area contributed by atoms with Gasteiger partial charge in [0.2, 0.25) is 0 Å². The molecule has 0 saturated heterocycles. The van der Waals surface area contributed by atoms with Crippen LogP contribution in [0.15, 0.2) is 18.2 Å². The van der Waals surface area contributed by atoms with Gasteiger partial charge in [-0.15, -0.1) is 0 Å². The van der Waals surface area contributed by atoms with Gasteiger partial charge in [-0.3, -0.25) is 14.9 Å². The lowest BCUT2D eigenvalue weighted by Crippen LogP contribution is -2.43. The van der Waals surface area contributed by atoms with E-state index >= 15 is 0 Å². The summed E-state index contributed by atoms with van der Waals surface area (Å²) in [6, 6.07) is 4.17. The van der Waals surface area contributed by atoms with Crippen LogP contribution in [0.5, 0.6) is 0 Å². The van der Waals surface area contributed by atoms with Crippen molar-refractivity contribution >= 4 is 39.1 Å². The van der Waals surface area contributed by atoms with Gasteiger partial charge in [0, 0.05) is 16.9 Å². The van der Waals surface area contributed by atoms with Crippen LogP contribution >= 0.6 is 27.5 Å². The summed E-state index contributed by atoms with van der Waals surface area (Å²) in [5.74, 6) is -0.539. The highest BCUT2D eigenvalue weighted by atomic mass is 79.9. The smallest absolute Gasteiger partial charge is 0.283 e. The van der Waals surface area contributed by atoms with Crippen molar-refractivity contribution < 1.29 is 9.72 Å². The summed E-state index contributed by atoms with van der Waals surface area (Å²) in [5.41, 5.74) is -0.871. The summed E-state index contributed by atoms with van der Waals surface area (Å²) in [5, 5.41) is 14.5. The number of nitrogens with one attached hydrogen (secondary N) is 1. The van der Waals surface area contributed by atoms with Gasteiger partial charge < -0.3 is 5.32 Å². The molecule has 0 radical (unpaired) electrons. The summed E-state index contributed by atoms with van der Waals surface area (Å²) in [6.45, 7) is 3.68. The highest BCUT2D eigenvalue weighted by Gasteiger charge is 2.27. The molecule has 5 nitrogen and oxygen atoms in total. The summed E-state index contributed by atoms with van der Waals surface area (Å²) in [4.78, 5) is 22.5. The lowest BCUT2D eigenvalue weighted by Gasteiger charge is -2.25. The Kier molecular flexibility index (Phi) is 5.31. The first-order valence-corrected chi connectivity index (χ1v) is 7.10. The third kappa shape index (κ3) is 4.18. The number of benzene rings is 1. The van der Waals surface area contributed by atoms with Gasteiger partial charge in [0.05, 0.1) is 9.95 Å². The van der Waals surface area contributed by atoms with Crippen LogP contribution in [0.25, 0.3) is 0 Å². The lowest BCUT2D eigenvalue weighted by atomic mass is 10.0. The van der Waals surface area contributed by atoms with Gasteiger partial charge in [0.1, 0.15) is 5.56 Å².